The van der Waals surface area contributed by atoms with Gasteiger partial charge in [0.05, 0.1) is 11.3 Å². The van der Waals surface area contributed by atoms with E-state index < -0.39 is 28.9 Å². The van der Waals surface area contributed by atoms with Crippen molar-refractivity contribution in [3.05, 3.63) is 28.0 Å². The van der Waals surface area contributed by atoms with Gasteiger partial charge in [0, 0.05) is 4.47 Å². The second-order valence-electron chi connectivity index (χ2n) is 2.81. The largest absolute Gasteiger partial charge is 0.353 e. The Balaban J connectivity index is 2.76. The van der Waals surface area contributed by atoms with Gasteiger partial charge >= 0.3 is 5.92 Å². The first-order chi connectivity index (χ1) is 6.44. The number of nitrogens with one attached hydrogen (secondary N) is 1. The van der Waals surface area contributed by atoms with Crippen LogP contribution in [0.1, 0.15) is 5.56 Å². The van der Waals surface area contributed by atoms with Crippen LogP contribution < -0.4 is 5.32 Å². The minimum atomic E-state index is -3.67. The van der Waals surface area contributed by atoms with Crippen LogP contribution in [0.5, 0.6) is 0 Å². The summed E-state index contributed by atoms with van der Waals surface area (Å²) in [7, 11) is 0. The van der Waals surface area contributed by atoms with E-state index in [1.54, 1.807) is 5.32 Å². The van der Waals surface area contributed by atoms with Crippen LogP contribution in [0.15, 0.2) is 16.6 Å². The summed E-state index contributed by atoms with van der Waals surface area (Å²) >= 11 is 2.85. The van der Waals surface area contributed by atoms with Gasteiger partial charge in [0.1, 0.15) is 5.82 Å². The summed E-state index contributed by atoms with van der Waals surface area (Å²) in [6.07, 6.45) is 0. The molecule has 0 unspecified atom stereocenters. The van der Waals surface area contributed by atoms with E-state index in [9.17, 15) is 18.0 Å². The zero-order chi connectivity index (χ0) is 10.5. The van der Waals surface area contributed by atoms with Crippen LogP contribution in [0.4, 0.5) is 18.9 Å². The van der Waals surface area contributed by atoms with Crippen molar-refractivity contribution in [3.63, 3.8) is 0 Å². The van der Waals surface area contributed by atoms with E-state index in [-0.39, 0.29) is 4.47 Å². The topological polar surface area (TPSA) is 29.1 Å². The average molecular weight is 266 g/mol. The smallest absolute Gasteiger partial charge is 0.318 e. The van der Waals surface area contributed by atoms with Gasteiger partial charge in [0.2, 0.25) is 0 Å². The number of rotatable bonds is 0. The van der Waals surface area contributed by atoms with Crippen molar-refractivity contribution >= 4 is 27.5 Å². The molecule has 1 aliphatic rings. The van der Waals surface area contributed by atoms with Crippen molar-refractivity contribution in [2.24, 2.45) is 0 Å². The van der Waals surface area contributed by atoms with Crippen LogP contribution in [-0.4, -0.2) is 5.91 Å². The van der Waals surface area contributed by atoms with E-state index in [0.29, 0.717) is 0 Å². The maximum absolute atomic E-state index is 13.2. The molecule has 1 aromatic carbocycles. The monoisotopic (exact) mass is 265 g/mol. The summed E-state index contributed by atoms with van der Waals surface area (Å²) in [5.74, 6) is -6.04. The number of benzene rings is 1. The van der Waals surface area contributed by atoms with Gasteiger partial charge in [-0.25, -0.2) is 4.39 Å². The molecule has 0 fully saturated rings. The van der Waals surface area contributed by atoms with Crippen molar-refractivity contribution in [2.45, 2.75) is 5.92 Å². The fourth-order valence-corrected chi connectivity index (χ4v) is 1.87. The molecule has 2 rings (SSSR count). The molecular formula is C8H3BrF3NO. The standard InChI is InChI=1S/C8H3BrF3NO/c9-3-1-2-4(10)6-5(3)8(11,12)7(14)13-6/h1-2H,(H,13,14). The van der Waals surface area contributed by atoms with Crippen LogP contribution in [0.3, 0.4) is 0 Å². The molecule has 0 aromatic heterocycles. The van der Waals surface area contributed by atoms with Gasteiger partial charge in [0.15, 0.2) is 0 Å². The molecule has 0 saturated heterocycles. The van der Waals surface area contributed by atoms with Gasteiger partial charge in [-0.05, 0) is 12.1 Å². The Labute approximate surface area is 85.2 Å². The Hall–Kier alpha value is -1.04. The van der Waals surface area contributed by atoms with Crippen molar-refractivity contribution in [2.75, 3.05) is 5.32 Å². The lowest BCUT2D eigenvalue weighted by molar-refractivity contribution is -0.139. The minimum Gasteiger partial charge on any atom is -0.318 e. The molecule has 1 N–H and O–H groups in total. The first-order valence-electron chi connectivity index (χ1n) is 3.62. The Morgan fingerprint density at radius 1 is 1.36 bits per heavy atom. The lowest BCUT2D eigenvalue weighted by Crippen LogP contribution is -2.24. The summed E-state index contributed by atoms with van der Waals surface area (Å²) in [5.41, 5.74) is -1.09. The highest BCUT2D eigenvalue weighted by atomic mass is 79.9. The third-order valence-electron chi connectivity index (χ3n) is 1.94. The fraction of sp³-hybridized carbons (Fsp3) is 0.125. The molecule has 0 aliphatic carbocycles. The lowest BCUT2D eigenvalue weighted by atomic mass is 10.1. The highest BCUT2D eigenvalue weighted by molar-refractivity contribution is 9.10. The highest BCUT2D eigenvalue weighted by Crippen LogP contribution is 2.45. The normalized spacial score (nSPS) is 17.9. The van der Waals surface area contributed by atoms with Gasteiger partial charge in [-0.1, -0.05) is 15.9 Å². The molecule has 14 heavy (non-hydrogen) atoms. The maximum atomic E-state index is 13.2. The van der Waals surface area contributed by atoms with Crippen molar-refractivity contribution < 1.29 is 18.0 Å². The van der Waals surface area contributed by atoms with E-state index >= 15 is 0 Å². The predicted octanol–water partition coefficient (Wildman–Crippen LogP) is 2.63. The number of alkyl halides is 2. The van der Waals surface area contributed by atoms with Gasteiger partial charge in [-0.2, -0.15) is 8.78 Å². The minimum absolute atomic E-state index is 0.0113. The number of anilines is 1. The lowest BCUT2D eigenvalue weighted by Gasteiger charge is -2.07. The molecule has 0 radical (unpaired) electrons. The molecule has 0 spiro atoms. The molecule has 0 atom stereocenters. The second-order valence-corrected chi connectivity index (χ2v) is 3.66. The van der Waals surface area contributed by atoms with Crippen LogP contribution >= 0.6 is 15.9 Å². The first kappa shape index (κ1) is 9.51. The third-order valence-corrected chi connectivity index (χ3v) is 2.60. The summed E-state index contributed by atoms with van der Waals surface area (Å²) in [5, 5.41) is 1.80. The molecule has 1 amide bonds. The molecule has 1 heterocycles. The van der Waals surface area contributed by atoms with E-state index in [1.807, 2.05) is 0 Å². The van der Waals surface area contributed by atoms with Gasteiger partial charge in [0.25, 0.3) is 5.91 Å². The second kappa shape index (κ2) is 2.73. The number of hydrogen-bond acceptors (Lipinski definition) is 1. The molecule has 1 aliphatic heterocycles. The van der Waals surface area contributed by atoms with Gasteiger partial charge in [-0.15, -0.1) is 0 Å². The first-order valence-corrected chi connectivity index (χ1v) is 4.41. The maximum Gasteiger partial charge on any atom is 0.353 e. The fourth-order valence-electron chi connectivity index (χ4n) is 1.29. The Bertz CT molecular complexity index is 433. The Kier molecular flexibility index (Phi) is 1.85. The molecule has 0 bridgehead atoms. The van der Waals surface area contributed by atoms with Crippen molar-refractivity contribution in [1.29, 1.82) is 0 Å². The van der Waals surface area contributed by atoms with E-state index in [0.717, 1.165) is 12.1 Å². The zero-order valence-corrected chi connectivity index (χ0v) is 8.16. The molecule has 6 heteroatoms. The van der Waals surface area contributed by atoms with Crippen LogP contribution in [0.2, 0.25) is 0 Å². The highest BCUT2D eigenvalue weighted by Gasteiger charge is 2.50. The van der Waals surface area contributed by atoms with Gasteiger partial charge in [-0.3, -0.25) is 4.79 Å². The van der Waals surface area contributed by atoms with E-state index in [2.05, 4.69) is 15.9 Å². The van der Waals surface area contributed by atoms with Crippen molar-refractivity contribution in [3.8, 4) is 0 Å². The third kappa shape index (κ3) is 1.06. The molecule has 2 nitrogen and oxygen atoms in total. The summed E-state index contributed by atoms with van der Waals surface area (Å²) in [6.45, 7) is 0. The van der Waals surface area contributed by atoms with Crippen LogP contribution in [-0.2, 0) is 10.7 Å². The average Bonchev–Trinajstić information content (AvgIpc) is 2.33. The molecule has 0 saturated carbocycles. The van der Waals surface area contributed by atoms with E-state index in [4.69, 9.17) is 0 Å². The molecule has 1 aromatic rings. The van der Waals surface area contributed by atoms with Gasteiger partial charge < -0.3 is 5.32 Å². The predicted molar refractivity (Wildman–Crippen MR) is 46.6 cm³/mol. The molecule has 74 valence electrons. The SMILES string of the molecule is O=C1Nc2c(F)ccc(Br)c2C1(F)F. The summed E-state index contributed by atoms with van der Waals surface area (Å²) in [6, 6.07) is 2.15. The van der Waals surface area contributed by atoms with Crippen LogP contribution in [0, 0.1) is 5.82 Å². The number of hydrogen-bond donors (Lipinski definition) is 1. The zero-order valence-electron chi connectivity index (χ0n) is 6.57. The summed E-state index contributed by atoms with van der Waals surface area (Å²) < 4.78 is 39.4. The Morgan fingerprint density at radius 2 is 2.00 bits per heavy atom. The number of fused-ring (bicyclic) bond motifs is 1. The number of carbonyl (C=O) groups is 1. The number of halogens is 4. The molecular weight excluding hydrogens is 263 g/mol. The number of carbonyl (C=O) groups excluding carboxylic acids is 1. The Morgan fingerprint density at radius 3 is 2.57 bits per heavy atom. The summed E-state index contributed by atoms with van der Waals surface area (Å²) in [4.78, 5) is 10.8. The number of amides is 1. The van der Waals surface area contributed by atoms with Crippen LogP contribution in [0.25, 0.3) is 0 Å². The van der Waals surface area contributed by atoms with E-state index in [1.165, 1.54) is 0 Å². The van der Waals surface area contributed by atoms with Crippen molar-refractivity contribution in [1.82, 2.24) is 0 Å². The quantitative estimate of drug-likeness (QED) is 0.768.